The second-order valence-corrected chi connectivity index (χ2v) is 8.51. The molecular weight excluding hydrogens is 448 g/mol. The van der Waals surface area contributed by atoms with Gasteiger partial charge >= 0.3 is 0 Å². The Labute approximate surface area is 203 Å². The van der Waals surface area contributed by atoms with Crippen LogP contribution in [0, 0.1) is 11.6 Å². The number of nitrogens with one attached hydrogen (secondary N) is 1. The summed E-state index contributed by atoms with van der Waals surface area (Å²) in [6.45, 7) is 4.71. The number of carbonyl (C=O) groups is 1. The van der Waals surface area contributed by atoms with Crippen LogP contribution >= 0.6 is 0 Å². The quantitative estimate of drug-likeness (QED) is 0.357. The Balaban J connectivity index is 1.71. The van der Waals surface area contributed by atoms with Crippen molar-refractivity contribution in [2.45, 2.75) is 25.7 Å². The molecule has 0 aliphatic carbocycles. The average Bonchev–Trinajstić information content (AvgIpc) is 3.10. The number of rotatable bonds is 7. The Bertz CT molecular complexity index is 1290. The molecule has 1 unspecified atom stereocenters. The number of carbonyl (C=O) groups excluding carboxylic acids is 1. The van der Waals surface area contributed by atoms with Gasteiger partial charge in [0, 0.05) is 41.2 Å². The maximum atomic E-state index is 14.7. The molecule has 0 saturated heterocycles. The number of nitrogens with zero attached hydrogens (tertiary/aromatic N) is 2. The van der Waals surface area contributed by atoms with Crippen LogP contribution < -0.4 is 15.1 Å². The first-order valence-corrected chi connectivity index (χ1v) is 11.4. The van der Waals surface area contributed by atoms with E-state index in [0.29, 0.717) is 29.8 Å². The van der Waals surface area contributed by atoms with Gasteiger partial charge < -0.3 is 9.64 Å². The van der Waals surface area contributed by atoms with Crippen molar-refractivity contribution in [2.75, 3.05) is 18.6 Å². The standard InChI is InChI=1S/C28H27F2N3O2/c1-4-33-25-13-12-22(35-3)17-23(25)28(2,18-20-10-11-21(29)16-24(20)30)26(33)14-15-31-32-27(34)19-8-6-5-7-9-19/h5-17H,4,18H2,1-3H3,(H,32,34)/b26-14-,31-15+. The van der Waals surface area contributed by atoms with Gasteiger partial charge in [0.25, 0.3) is 5.91 Å². The summed E-state index contributed by atoms with van der Waals surface area (Å²) in [6.07, 6.45) is 3.65. The van der Waals surface area contributed by atoms with E-state index in [1.165, 1.54) is 18.3 Å². The summed E-state index contributed by atoms with van der Waals surface area (Å²) in [5.74, 6) is -0.829. The van der Waals surface area contributed by atoms with E-state index in [2.05, 4.69) is 15.4 Å². The molecule has 0 spiro atoms. The van der Waals surface area contributed by atoms with Crippen LogP contribution in [0.2, 0.25) is 0 Å². The topological polar surface area (TPSA) is 53.9 Å². The second kappa shape index (κ2) is 10.1. The molecule has 4 rings (SSSR count). The van der Waals surface area contributed by atoms with Crippen molar-refractivity contribution >= 4 is 17.8 Å². The van der Waals surface area contributed by atoms with Crippen molar-refractivity contribution < 1.29 is 18.3 Å². The molecule has 1 aliphatic rings. The molecule has 1 N–H and O–H groups in total. The van der Waals surface area contributed by atoms with Gasteiger partial charge in [-0.15, -0.1) is 0 Å². The number of anilines is 1. The van der Waals surface area contributed by atoms with Crippen LogP contribution in [0.5, 0.6) is 5.75 Å². The van der Waals surface area contributed by atoms with Gasteiger partial charge in [-0.3, -0.25) is 4.79 Å². The third-order valence-corrected chi connectivity index (χ3v) is 6.33. The lowest BCUT2D eigenvalue weighted by Crippen LogP contribution is -2.31. The predicted octanol–water partition coefficient (Wildman–Crippen LogP) is 5.61. The molecule has 5 nitrogen and oxygen atoms in total. The minimum Gasteiger partial charge on any atom is -0.497 e. The van der Waals surface area contributed by atoms with Gasteiger partial charge in [0.2, 0.25) is 0 Å². The van der Waals surface area contributed by atoms with Crippen molar-refractivity contribution in [3.63, 3.8) is 0 Å². The van der Waals surface area contributed by atoms with Gasteiger partial charge in [0.1, 0.15) is 17.4 Å². The van der Waals surface area contributed by atoms with Crippen LogP contribution in [0.15, 0.2) is 83.6 Å². The van der Waals surface area contributed by atoms with Crippen LogP contribution in [0.1, 0.15) is 35.3 Å². The molecule has 3 aromatic rings. The highest BCUT2D eigenvalue weighted by atomic mass is 19.1. The highest BCUT2D eigenvalue weighted by Gasteiger charge is 2.43. The Kier molecular flexibility index (Phi) is 6.96. The Hall–Kier alpha value is -4.00. The number of ether oxygens (including phenoxy) is 1. The molecule has 0 fully saturated rings. The molecule has 0 bridgehead atoms. The lowest BCUT2D eigenvalue weighted by Gasteiger charge is -2.30. The van der Waals surface area contributed by atoms with Crippen LogP contribution in [0.25, 0.3) is 0 Å². The molecule has 1 amide bonds. The van der Waals surface area contributed by atoms with E-state index >= 15 is 0 Å². The average molecular weight is 476 g/mol. The van der Waals surface area contributed by atoms with E-state index in [0.717, 1.165) is 23.0 Å². The summed E-state index contributed by atoms with van der Waals surface area (Å²) in [6, 6.07) is 18.3. The maximum absolute atomic E-state index is 14.7. The van der Waals surface area contributed by atoms with E-state index in [9.17, 15) is 13.6 Å². The van der Waals surface area contributed by atoms with Gasteiger partial charge in [-0.25, -0.2) is 14.2 Å². The van der Waals surface area contributed by atoms with Gasteiger partial charge in [-0.1, -0.05) is 24.3 Å². The SMILES string of the molecule is CCN1/C(=C\C=N\NC(=O)c2ccccc2)C(C)(Cc2ccc(F)cc2F)c2cc(OC)ccc21. The molecule has 0 saturated carbocycles. The highest BCUT2D eigenvalue weighted by molar-refractivity contribution is 5.94. The fourth-order valence-electron chi connectivity index (χ4n) is 4.59. The molecule has 35 heavy (non-hydrogen) atoms. The lowest BCUT2D eigenvalue weighted by atomic mass is 9.76. The molecule has 0 radical (unpaired) electrons. The minimum atomic E-state index is -0.659. The maximum Gasteiger partial charge on any atom is 0.271 e. The van der Waals surface area contributed by atoms with Crippen LogP contribution in [-0.4, -0.2) is 25.8 Å². The van der Waals surface area contributed by atoms with Crippen molar-refractivity contribution in [3.05, 3.63) is 107 Å². The fourth-order valence-corrected chi connectivity index (χ4v) is 4.59. The fraction of sp³-hybridized carbons (Fsp3) is 0.214. The number of amides is 1. The Morgan fingerprint density at radius 2 is 1.89 bits per heavy atom. The van der Waals surface area contributed by atoms with Gasteiger partial charge in [0.15, 0.2) is 0 Å². The number of hydrazone groups is 1. The number of hydrogen-bond donors (Lipinski definition) is 1. The third-order valence-electron chi connectivity index (χ3n) is 6.33. The van der Waals surface area contributed by atoms with E-state index in [1.54, 1.807) is 31.4 Å². The first-order chi connectivity index (χ1) is 16.9. The van der Waals surface area contributed by atoms with Crippen molar-refractivity contribution in [2.24, 2.45) is 5.10 Å². The zero-order valence-electron chi connectivity index (χ0n) is 19.9. The summed E-state index contributed by atoms with van der Waals surface area (Å²) < 4.78 is 33.7. The van der Waals surface area contributed by atoms with E-state index < -0.39 is 17.0 Å². The molecule has 1 aliphatic heterocycles. The molecule has 180 valence electrons. The second-order valence-electron chi connectivity index (χ2n) is 8.51. The summed E-state index contributed by atoms with van der Waals surface area (Å²) in [5.41, 5.74) is 5.61. The van der Waals surface area contributed by atoms with Gasteiger partial charge in [-0.05, 0) is 73.9 Å². The Morgan fingerprint density at radius 3 is 2.57 bits per heavy atom. The molecule has 1 atom stereocenters. The summed E-state index contributed by atoms with van der Waals surface area (Å²) in [4.78, 5) is 14.4. The van der Waals surface area contributed by atoms with E-state index in [1.807, 2.05) is 44.2 Å². The Morgan fingerprint density at radius 1 is 1.11 bits per heavy atom. The first kappa shape index (κ1) is 24.1. The van der Waals surface area contributed by atoms with Crippen molar-refractivity contribution in [3.8, 4) is 5.75 Å². The smallest absolute Gasteiger partial charge is 0.271 e. The molecule has 0 aromatic heterocycles. The normalized spacial score (nSPS) is 18.2. The molecular formula is C28H27F2N3O2. The molecule has 1 heterocycles. The summed E-state index contributed by atoms with van der Waals surface area (Å²) in [7, 11) is 1.60. The summed E-state index contributed by atoms with van der Waals surface area (Å²) >= 11 is 0. The third kappa shape index (κ3) is 4.80. The number of methoxy groups -OCH3 is 1. The number of benzene rings is 3. The number of allylic oxidation sites excluding steroid dienone is 2. The highest BCUT2D eigenvalue weighted by Crippen LogP contribution is 2.50. The first-order valence-electron chi connectivity index (χ1n) is 11.4. The van der Waals surface area contributed by atoms with Crippen LogP contribution in [0.4, 0.5) is 14.5 Å². The lowest BCUT2D eigenvalue weighted by molar-refractivity contribution is 0.0955. The van der Waals surface area contributed by atoms with Crippen molar-refractivity contribution in [1.29, 1.82) is 0 Å². The number of halogens is 2. The van der Waals surface area contributed by atoms with E-state index in [4.69, 9.17) is 4.74 Å². The van der Waals surface area contributed by atoms with Crippen LogP contribution in [-0.2, 0) is 11.8 Å². The van der Waals surface area contributed by atoms with Gasteiger partial charge in [-0.2, -0.15) is 5.10 Å². The summed E-state index contributed by atoms with van der Waals surface area (Å²) in [5, 5.41) is 4.10. The zero-order chi connectivity index (χ0) is 25.0. The monoisotopic (exact) mass is 475 g/mol. The zero-order valence-corrected chi connectivity index (χ0v) is 19.9. The number of likely N-dealkylation sites (N-methyl/N-ethyl adjacent to an activating group) is 1. The minimum absolute atomic E-state index is 0.297. The van der Waals surface area contributed by atoms with Gasteiger partial charge in [0.05, 0.1) is 7.11 Å². The predicted molar refractivity (Wildman–Crippen MR) is 134 cm³/mol. The number of fused-ring (bicyclic) bond motifs is 1. The van der Waals surface area contributed by atoms with Crippen molar-refractivity contribution in [1.82, 2.24) is 5.43 Å². The largest absolute Gasteiger partial charge is 0.497 e. The molecule has 7 heteroatoms. The van der Waals surface area contributed by atoms with Crippen LogP contribution in [0.3, 0.4) is 0 Å². The molecule has 3 aromatic carbocycles. The number of hydrogen-bond acceptors (Lipinski definition) is 4. The van der Waals surface area contributed by atoms with E-state index in [-0.39, 0.29) is 5.91 Å².